The van der Waals surface area contributed by atoms with Crippen LogP contribution in [0.3, 0.4) is 0 Å². The number of hydrogen-bond donors (Lipinski definition) is 1. The molecule has 3 aromatic rings. The molecular formula is C27H28FN3O5. The SMILES string of the molecule is COc1ccccc1NC(=O)N(Cc1cccc(F)c1)CC1CC(c2ccc(OC)c(OC)c2)=NO1. The third-order valence-corrected chi connectivity index (χ3v) is 5.77. The Labute approximate surface area is 209 Å². The molecule has 1 aliphatic rings. The number of para-hydroxylation sites is 2. The first-order valence-electron chi connectivity index (χ1n) is 11.4. The highest BCUT2D eigenvalue weighted by atomic mass is 19.1. The lowest BCUT2D eigenvalue weighted by atomic mass is 10.0. The minimum Gasteiger partial charge on any atom is -0.495 e. The van der Waals surface area contributed by atoms with Crippen molar-refractivity contribution in [1.82, 2.24) is 4.90 Å². The van der Waals surface area contributed by atoms with Gasteiger partial charge in [-0.1, -0.05) is 29.4 Å². The lowest BCUT2D eigenvalue weighted by Crippen LogP contribution is -2.40. The van der Waals surface area contributed by atoms with E-state index >= 15 is 0 Å². The molecule has 2 amide bonds. The summed E-state index contributed by atoms with van der Waals surface area (Å²) in [7, 11) is 4.68. The third kappa shape index (κ3) is 5.86. The standard InChI is InChI=1S/C27H28FN3O5/c1-33-24-10-5-4-9-22(24)29-27(32)31(16-18-7-6-8-20(28)13-18)17-21-15-23(30-36-21)19-11-12-25(34-2)26(14-19)35-3/h4-14,21H,15-17H2,1-3H3,(H,29,32). The van der Waals surface area contributed by atoms with E-state index in [2.05, 4.69) is 10.5 Å². The molecule has 8 nitrogen and oxygen atoms in total. The molecule has 0 aromatic heterocycles. The van der Waals surface area contributed by atoms with E-state index in [0.29, 0.717) is 34.9 Å². The van der Waals surface area contributed by atoms with Crippen LogP contribution in [0, 0.1) is 5.82 Å². The van der Waals surface area contributed by atoms with E-state index < -0.39 is 0 Å². The van der Waals surface area contributed by atoms with Crippen LogP contribution < -0.4 is 19.5 Å². The second kappa shape index (κ2) is 11.4. The summed E-state index contributed by atoms with van der Waals surface area (Å²) in [6, 6.07) is 18.4. The maximum Gasteiger partial charge on any atom is 0.322 e. The summed E-state index contributed by atoms with van der Waals surface area (Å²) in [5, 5.41) is 7.13. The smallest absolute Gasteiger partial charge is 0.322 e. The molecular weight excluding hydrogens is 465 g/mol. The number of oxime groups is 1. The molecule has 0 aliphatic carbocycles. The van der Waals surface area contributed by atoms with Gasteiger partial charge in [-0.2, -0.15) is 0 Å². The molecule has 0 saturated carbocycles. The molecule has 1 unspecified atom stereocenters. The highest BCUT2D eigenvalue weighted by Crippen LogP contribution is 2.30. The number of urea groups is 1. The van der Waals surface area contributed by atoms with Gasteiger partial charge in [-0.25, -0.2) is 9.18 Å². The molecule has 0 saturated heterocycles. The van der Waals surface area contributed by atoms with Gasteiger partial charge in [0.1, 0.15) is 11.6 Å². The molecule has 1 N–H and O–H groups in total. The lowest BCUT2D eigenvalue weighted by molar-refractivity contribution is 0.0608. The van der Waals surface area contributed by atoms with Crippen molar-refractivity contribution < 1.29 is 28.2 Å². The zero-order valence-electron chi connectivity index (χ0n) is 20.4. The number of rotatable bonds is 9. The average molecular weight is 494 g/mol. The van der Waals surface area contributed by atoms with Gasteiger partial charge in [0, 0.05) is 18.5 Å². The fourth-order valence-corrected chi connectivity index (χ4v) is 3.98. The van der Waals surface area contributed by atoms with Crippen LogP contribution in [0.2, 0.25) is 0 Å². The van der Waals surface area contributed by atoms with Gasteiger partial charge < -0.3 is 29.3 Å². The second-order valence-corrected chi connectivity index (χ2v) is 8.18. The fraction of sp³-hybridized carbons (Fsp3) is 0.259. The summed E-state index contributed by atoms with van der Waals surface area (Å²) in [4.78, 5) is 20.6. The van der Waals surface area contributed by atoms with Crippen molar-refractivity contribution in [2.24, 2.45) is 5.16 Å². The van der Waals surface area contributed by atoms with E-state index in [1.807, 2.05) is 18.2 Å². The predicted octanol–water partition coefficient (Wildman–Crippen LogP) is 5.08. The van der Waals surface area contributed by atoms with E-state index in [-0.39, 0.29) is 31.0 Å². The van der Waals surface area contributed by atoms with Gasteiger partial charge in [0.2, 0.25) is 0 Å². The lowest BCUT2D eigenvalue weighted by Gasteiger charge is -2.25. The van der Waals surface area contributed by atoms with Crippen LogP contribution in [0.5, 0.6) is 17.2 Å². The van der Waals surface area contributed by atoms with Gasteiger partial charge >= 0.3 is 6.03 Å². The summed E-state index contributed by atoms with van der Waals surface area (Å²) in [6.07, 6.45) is 0.0990. The number of methoxy groups -OCH3 is 3. The maximum atomic E-state index is 13.8. The zero-order chi connectivity index (χ0) is 25.5. The van der Waals surface area contributed by atoms with Crippen molar-refractivity contribution in [2.75, 3.05) is 33.2 Å². The molecule has 188 valence electrons. The molecule has 1 aliphatic heterocycles. The molecule has 9 heteroatoms. The van der Waals surface area contributed by atoms with Crippen LogP contribution in [-0.4, -0.2) is 50.6 Å². The Morgan fingerprint density at radius 3 is 2.53 bits per heavy atom. The van der Waals surface area contributed by atoms with Crippen LogP contribution in [0.25, 0.3) is 0 Å². The first kappa shape index (κ1) is 24.8. The molecule has 1 heterocycles. The average Bonchev–Trinajstić information content (AvgIpc) is 3.36. The van der Waals surface area contributed by atoms with Gasteiger partial charge in [-0.3, -0.25) is 0 Å². The van der Waals surface area contributed by atoms with Gasteiger partial charge in [0.05, 0.1) is 39.3 Å². The van der Waals surface area contributed by atoms with Crippen molar-refractivity contribution in [3.8, 4) is 17.2 Å². The normalized spacial score (nSPS) is 14.4. The van der Waals surface area contributed by atoms with E-state index in [1.165, 1.54) is 19.2 Å². The molecule has 0 radical (unpaired) electrons. The number of amides is 2. The first-order chi connectivity index (χ1) is 17.5. The van der Waals surface area contributed by atoms with Crippen molar-refractivity contribution in [1.29, 1.82) is 0 Å². The van der Waals surface area contributed by atoms with Gasteiger partial charge in [0.25, 0.3) is 0 Å². The minimum absolute atomic E-state index is 0.185. The summed E-state index contributed by atoms with van der Waals surface area (Å²) < 4.78 is 29.9. The number of carbonyl (C=O) groups is 1. The fourth-order valence-electron chi connectivity index (χ4n) is 3.98. The number of ether oxygens (including phenoxy) is 3. The largest absolute Gasteiger partial charge is 0.495 e. The topological polar surface area (TPSA) is 81.6 Å². The Bertz CT molecular complexity index is 1250. The van der Waals surface area contributed by atoms with Gasteiger partial charge in [0.15, 0.2) is 17.6 Å². The number of halogens is 1. The molecule has 0 spiro atoms. The quantitative estimate of drug-likeness (QED) is 0.450. The van der Waals surface area contributed by atoms with Crippen molar-refractivity contribution >= 4 is 17.4 Å². The molecule has 0 bridgehead atoms. The van der Waals surface area contributed by atoms with E-state index in [0.717, 1.165) is 11.3 Å². The monoisotopic (exact) mass is 493 g/mol. The Balaban J connectivity index is 1.50. The Morgan fingerprint density at radius 2 is 1.78 bits per heavy atom. The number of hydrogen-bond acceptors (Lipinski definition) is 6. The van der Waals surface area contributed by atoms with Crippen molar-refractivity contribution in [2.45, 2.75) is 19.1 Å². The number of nitrogens with zero attached hydrogens (tertiary/aromatic N) is 2. The maximum absolute atomic E-state index is 13.8. The zero-order valence-corrected chi connectivity index (χ0v) is 20.4. The number of benzene rings is 3. The van der Waals surface area contributed by atoms with Crippen molar-refractivity contribution in [3.63, 3.8) is 0 Å². The molecule has 1 atom stereocenters. The molecule has 4 rings (SSSR count). The van der Waals surface area contributed by atoms with Crippen LogP contribution in [0.1, 0.15) is 17.5 Å². The minimum atomic E-state index is -0.384. The van der Waals surface area contributed by atoms with Crippen molar-refractivity contribution in [3.05, 3.63) is 83.7 Å². The molecule has 36 heavy (non-hydrogen) atoms. The van der Waals surface area contributed by atoms with Crippen LogP contribution in [0.4, 0.5) is 14.9 Å². The van der Waals surface area contributed by atoms with Gasteiger partial charge in [-0.05, 0) is 48.0 Å². The van der Waals surface area contributed by atoms with Crippen LogP contribution >= 0.6 is 0 Å². The Hall–Kier alpha value is -4.27. The highest BCUT2D eigenvalue weighted by molar-refractivity contribution is 6.01. The molecule has 0 fully saturated rings. The summed E-state index contributed by atoms with van der Waals surface area (Å²) in [5.41, 5.74) is 2.76. The van der Waals surface area contributed by atoms with E-state index in [9.17, 15) is 9.18 Å². The third-order valence-electron chi connectivity index (χ3n) is 5.77. The summed E-state index contributed by atoms with van der Waals surface area (Å²) in [5.74, 6) is 1.37. The number of carbonyl (C=O) groups excluding carboxylic acids is 1. The van der Waals surface area contributed by atoms with Crippen LogP contribution in [-0.2, 0) is 11.4 Å². The molecule has 3 aromatic carbocycles. The second-order valence-electron chi connectivity index (χ2n) is 8.18. The van der Waals surface area contributed by atoms with Crippen LogP contribution in [0.15, 0.2) is 71.9 Å². The summed E-state index contributed by atoms with van der Waals surface area (Å²) >= 11 is 0. The van der Waals surface area contributed by atoms with E-state index in [1.54, 1.807) is 55.5 Å². The van der Waals surface area contributed by atoms with Gasteiger partial charge in [-0.15, -0.1) is 0 Å². The Morgan fingerprint density at radius 1 is 1.00 bits per heavy atom. The number of anilines is 1. The Kier molecular flexibility index (Phi) is 7.89. The first-order valence-corrected chi connectivity index (χ1v) is 11.4. The number of nitrogens with one attached hydrogen (secondary N) is 1. The summed E-state index contributed by atoms with van der Waals surface area (Å²) in [6.45, 7) is 0.419. The van der Waals surface area contributed by atoms with E-state index in [4.69, 9.17) is 19.0 Å². The highest BCUT2D eigenvalue weighted by Gasteiger charge is 2.28. The predicted molar refractivity (Wildman–Crippen MR) is 134 cm³/mol.